The number of amides is 1. The van der Waals surface area contributed by atoms with Crippen molar-refractivity contribution in [1.29, 1.82) is 0 Å². The molecule has 11 heavy (non-hydrogen) atoms. The molecule has 0 bridgehead atoms. The van der Waals surface area contributed by atoms with Crippen LogP contribution in [0.4, 0.5) is 0 Å². The molecule has 0 saturated carbocycles. The number of aliphatic hydroxyl groups excluding tert-OH is 1. The van der Waals surface area contributed by atoms with E-state index in [0.29, 0.717) is 6.04 Å². The van der Waals surface area contributed by atoms with Gasteiger partial charge in [0, 0.05) is 26.1 Å². The molecule has 1 heterocycles. The zero-order valence-electron chi connectivity index (χ0n) is 6.92. The third-order valence-electron chi connectivity index (χ3n) is 2.24. The fourth-order valence-electron chi connectivity index (χ4n) is 1.70. The van der Waals surface area contributed by atoms with Crippen LogP contribution in [0.25, 0.3) is 0 Å². The SMILES string of the molecule is CC(=O)N1CCC[C@H]1CCO. The predicted octanol–water partition coefficient (Wildman–Crippen LogP) is 0.380. The molecule has 1 N–H and O–H groups in total. The standard InChI is InChI=1S/C8H15NO2/c1-7(11)9-5-2-3-8(9)4-6-10/h8,10H,2-6H2,1H3/t8-/m0/s1. The number of carbonyl (C=O) groups excluding carboxylic acids is 1. The van der Waals surface area contributed by atoms with Crippen LogP contribution in [0.2, 0.25) is 0 Å². The van der Waals surface area contributed by atoms with Crippen molar-refractivity contribution in [2.24, 2.45) is 0 Å². The number of hydrogen-bond acceptors (Lipinski definition) is 2. The molecule has 1 rings (SSSR count). The highest BCUT2D eigenvalue weighted by Crippen LogP contribution is 2.19. The number of aliphatic hydroxyl groups is 1. The van der Waals surface area contributed by atoms with E-state index >= 15 is 0 Å². The van der Waals surface area contributed by atoms with Crippen LogP contribution in [0.3, 0.4) is 0 Å². The molecule has 1 aliphatic rings. The summed E-state index contributed by atoms with van der Waals surface area (Å²) in [7, 11) is 0. The van der Waals surface area contributed by atoms with Crippen molar-refractivity contribution in [3.8, 4) is 0 Å². The smallest absolute Gasteiger partial charge is 0.219 e. The van der Waals surface area contributed by atoms with Gasteiger partial charge in [0.25, 0.3) is 0 Å². The largest absolute Gasteiger partial charge is 0.396 e. The average Bonchev–Trinajstić information content (AvgIpc) is 2.36. The van der Waals surface area contributed by atoms with Gasteiger partial charge in [0.15, 0.2) is 0 Å². The van der Waals surface area contributed by atoms with Gasteiger partial charge in [-0.1, -0.05) is 0 Å². The Morgan fingerprint density at radius 1 is 1.73 bits per heavy atom. The van der Waals surface area contributed by atoms with Gasteiger partial charge in [0.05, 0.1) is 0 Å². The van der Waals surface area contributed by atoms with Crippen molar-refractivity contribution in [1.82, 2.24) is 4.90 Å². The molecule has 1 amide bonds. The molecule has 0 aromatic heterocycles. The van der Waals surface area contributed by atoms with Crippen LogP contribution in [0.5, 0.6) is 0 Å². The first-order valence-corrected chi connectivity index (χ1v) is 4.13. The highest BCUT2D eigenvalue weighted by molar-refractivity contribution is 5.73. The molecule has 0 aliphatic carbocycles. The second-order valence-electron chi connectivity index (χ2n) is 3.02. The molecule has 0 unspecified atom stereocenters. The first kappa shape index (κ1) is 8.53. The van der Waals surface area contributed by atoms with Crippen LogP contribution in [0.15, 0.2) is 0 Å². The minimum atomic E-state index is 0.140. The van der Waals surface area contributed by atoms with E-state index in [4.69, 9.17) is 5.11 Å². The maximum Gasteiger partial charge on any atom is 0.219 e. The van der Waals surface area contributed by atoms with Gasteiger partial charge in [-0.25, -0.2) is 0 Å². The van der Waals surface area contributed by atoms with Crippen molar-refractivity contribution in [2.75, 3.05) is 13.2 Å². The Morgan fingerprint density at radius 2 is 2.45 bits per heavy atom. The molecule has 1 fully saturated rings. The summed E-state index contributed by atoms with van der Waals surface area (Å²) in [4.78, 5) is 12.8. The van der Waals surface area contributed by atoms with E-state index in [1.807, 2.05) is 4.90 Å². The summed E-state index contributed by atoms with van der Waals surface area (Å²) in [5.74, 6) is 0.140. The lowest BCUT2D eigenvalue weighted by Crippen LogP contribution is -2.34. The second-order valence-corrected chi connectivity index (χ2v) is 3.02. The molecule has 0 aromatic carbocycles. The fourth-order valence-corrected chi connectivity index (χ4v) is 1.70. The van der Waals surface area contributed by atoms with Crippen LogP contribution < -0.4 is 0 Å². The van der Waals surface area contributed by atoms with Crippen molar-refractivity contribution >= 4 is 5.91 Å². The molecule has 64 valence electrons. The lowest BCUT2D eigenvalue weighted by atomic mass is 10.1. The van der Waals surface area contributed by atoms with Gasteiger partial charge < -0.3 is 10.0 Å². The predicted molar refractivity (Wildman–Crippen MR) is 42.1 cm³/mol. The molecular weight excluding hydrogens is 142 g/mol. The first-order chi connectivity index (χ1) is 5.25. The Morgan fingerprint density at radius 3 is 3.00 bits per heavy atom. The van der Waals surface area contributed by atoms with Crippen LogP contribution >= 0.6 is 0 Å². The van der Waals surface area contributed by atoms with Crippen molar-refractivity contribution < 1.29 is 9.90 Å². The van der Waals surface area contributed by atoms with Crippen molar-refractivity contribution in [3.63, 3.8) is 0 Å². The number of hydrogen-bond donors (Lipinski definition) is 1. The maximum absolute atomic E-state index is 11.0. The van der Waals surface area contributed by atoms with Gasteiger partial charge >= 0.3 is 0 Å². The normalized spacial score (nSPS) is 24.2. The lowest BCUT2D eigenvalue weighted by molar-refractivity contribution is -0.129. The van der Waals surface area contributed by atoms with Crippen LogP contribution in [-0.2, 0) is 4.79 Å². The highest BCUT2D eigenvalue weighted by atomic mass is 16.3. The van der Waals surface area contributed by atoms with E-state index in [2.05, 4.69) is 0 Å². The van der Waals surface area contributed by atoms with Gasteiger partial charge in [-0.3, -0.25) is 4.79 Å². The van der Waals surface area contributed by atoms with Crippen LogP contribution in [0.1, 0.15) is 26.2 Å². The maximum atomic E-state index is 11.0. The molecule has 3 heteroatoms. The Balaban J connectivity index is 2.44. The molecular formula is C8H15NO2. The highest BCUT2D eigenvalue weighted by Gasteiger charge is 2.25. The molecule has 1 saturated heterocycles. The van der Waals surface area contributed by atoms with E-state index < -0.39 is 0 Å². The van der Waals surface area contributed by atoms with E-state index in [1.165, 1.54) is 0 Å². The summed E-state index contributed by atoms with van der Waals surface area (Å²) in [5, 5.41) is 8.69. The topological polar surface area (TPSA) is 40.5 Å². The Hall–Kier alpha value is -0.570. The van der Waals surface area contributed by atoms with E-state index in [-0.39, 0.29) is 12.5 Å². The zero-order valence-corrected chi connectivity index (χ0v) is 6.92. The average molecular weight is 157 g/mol. The number of rotatable bonds is 2. The summed E-state index contributed by atoms with van der Waals surface area (Å²) in [6, 6.07) is 0.303. The zero-order chi connectivity index (χ0) is 8.27. The minimum absolute atomic E-state index is 0.140. The number of nitrogens with zero attached hydrogens (tertiary/aromatic N) is 1. The quantitative estimate of drug-likeness (QED) is 0.629. The van der Waals surface area contributed by atoms with E-state index in [0.717, 1.165) is 25.8 Å². The monoisotopic (exact) mass is 157 g/mol. The second kappa shape index (κ2) is 3.72. The Bertz CT molecular complexity index is 147. The van der Waals surface area contributed by atoms with E-state index in [9.17, 15) is 4.79 Å². The summed E-state index contributed by atoms with van der Waals surface area (Å²) < 4.78 is 0. The van der Waals surface area contributed by atoms with Crippen molar-refractivity contribution in [3.05, 3.63) is 0 Å². The molecule has 1 atom stereocenters. The molecule has 0 radical (unpaired) electrons. The van der Waals surface area contributed by atoms with Crippen molar-refractivity contribution in [2.45, 2.75) is 32.2 Å². The van der Waals surface area contributed by atoms with E-state index in [1.54, 1.807) is 6.92 Å². The Labute approximate surface area is 67.0 Å². The molecule has 0 aromatic rings. The van der Waals surface area contributed by atoms with Gasteiger partial charge in [0.2, 0.25) is 5.91 Å². The molecule has 1 aliphatic heterocycles. The number of carbonyl (C=O) groups is 1. The van der Waals surface area contributed by atoms with Gasteiger partial charge in [-0.2, -0.15) is 0 Å². The molecule has 0 spiro atoms. The lowest BCUT2D eigenvalue weighted by Gasteiger charge is -2.22. The van der Waals surface area contributed by atoms with Crippen LogP contribution in [-0.4, -0.2) is 35.1 Å². The fraction of sp³-hybridized carbons (Fsp3) is 0.875. The molecule has 3 nitrogen and oxygen atoms in total. The summed E-state index contributed by atoms with van der Waals surface area (Å²) >= 11 is 0. The summed E-state index contributed by atoms with van der Waals surface area (Å²) in [6.07, 6.45) is 2.88. The number of likely N-dealkylation sites (tertiary alicyclic amines) is 1. The minimum Gasteiger partial charge on any atom is -0.396 e. The van der Waals surface area contributed by atoms with Gasteiger partial charge in [0.1, 0.15) is 0 Å². The summed E-state index contributed by atoms with van der Waals surface area (Å²) in [6.45, 7) is 2.66. The third kappa shape index (κ3) is 1.93. The van der Waals surface area contributed by atoms with Gasteiger partial charge in [-0.15, -0.1) is 0 Å². The Kier molecular flexibility index (Phi) is 2.88. The van der Waals surface area contributed by atoms with Gasteiger partial charge in [-0.05, 0) is 19.3 Å². The first-order valence-electron chi connectivity index (χ1n) is 4.13. The summed E-state index contributed by atoms with van der Waals surface area (Å²) in [5.41, 5.74) is 0. The third-order valence-corrected chi connectivity index (χ3v) is 2.24. The van der Waals surface area contributed by atoms with Crippen LogP contribution in [0, 0.1) is 0 Å².